The molecule has 3 saturated heterocycles. The minimum atomic E-state index is -0.234. The molecule has 4 rings (SSSR count). The molecule has 3 heterocycles. The summed E-state index contributed by atoms with van der Waals surface area (Å²) < 4.78 is 12.5. The van der Waals surface area contributed by atoms with Crippen molar-refractivity contribution >= 4 is 36.4 Å². The lowest BCUT2D eigenvalue weighted by Crippen LogP contribution is -2.49. The van der Waals surface area contributed by atoms with Crippen molar-refractivity contribution in [1.82, 2.24) is 4.90 Å². The molecule has 3 aliphatic heterocycles. The van der Waals surface area contributed by atoms with Crippen molar-refractivity contribution in [2.24, 2.45) is 16.7 Å². The molecule has 0 saturated carbocycles. The molecule has 3 aliphatic rings. The summed E-state index contributed by atoms with van der Waals surface area (Å²) in [6.07, 6.45) is 10.7. The van der Waals surface area contributed by atoms with Gasteiger partial charge in [0.2, 0.25) is 6.08 Å². The summed E-state index contributed by atoms with van der Waals surface area (Å²) in [4.78, 5) is 11.1. The molecule has 218 valence electrons. The maximum absolute atomic E-state index is 8.35. The number of piperidine rings is 1. The Morgan fingerprint density at radius 2 is 1.54 bits per heavy atom. The Hall–Kier alpha value is -0.875. The second-order valence-corrected chi connectivity index (χ2v) is 15.0. The number of isocyanates is 1. The first kappa shape index (κ1) is 32.6. The third-order valence-corrected chi connectivity index (χ3v) is 11.3. The standard InChI is InChI=1S/C30H48BCl2NO2.CHNO/c1-27(2,3)30(8,15-9-10-16-31-35-28(4,5)29(6,7)36-31)22-18-23-12-13-24(19-22)34(23)20-21-11-14-25(32)26(33)17-21;2-1-3/h11,14,17,22-24H,9-10,12-13,15-16,18-20H2,1-8H3;2H. The lowest BCUT2D eigenvalue weighted by atomic mass is 9.55. The van der Waals surface area contributed by atoms with Crippen molar-refractivity contribution in [3.8, 4) is 0 Å². The molecule has 5 nitrogen and oxygen atoms in total. The van der Waals surface area contributed by atoms with Gasteiger partial charge in [-0.3, -0.25) is 4.90 Å². The van der Waals surface area contributed by atoms with Crippen molar-refractivity contribution in [2.45, 2.75) is 136 Å². The number of rotatable bonds is 8. The molecule has 3 atom stereocenters. The van der Waals surface area contributed by atoms with Gasteiger partial charge in [0.1, 0.15) is 0 Å². The van der Waals surface area contributed by atoms with Crippen molar-refractivity contribution in [1.29, 1.82) is 5.41 Å². The zero-order valence-electron chi connectivity index (χ0n) is 25.3. The average molecular weight is 579 g/mol. The molecule has 1 aromatic rings. The Balaban J connectivity index is 0.00000134. The maximum atomic E-state index is 8.35. The highest BCUT2D eigenvalue weighted by atomic mass is 35.5. The number of nitrogens with one attached hydrogen (secondary N) is 1. The van der Waals surface area contributed by atoms with E-state index in [1.54, 1.807) is 0 Å². The highest BCUT2D eigenvalue weighted by Gasteiger charge is 2.52. The van der Waals surface area contributed by atoms with E-state index in [2.05, 4.69) is 72.4 Å². The second-order valence-electron chi connectivity index (χ2n) is 14.2. The number of hydrogen-bond donors (Lipinski definition) is 1. The quantitative estimate of drug-likeness (QED) is 0.145. The topological polar surface area (TPSA) is 62.6 Å². The fourth-order valence-corrected chi connectivity index (χ4v) is 7.30. The number of hydrogen-bond acceptors (Lipinski definition) is 5. The van der Waals surface area contributed by atoms with Gasteiger partial charge in [0.15, 0.2) is 0 Å². The molecular formula is C31H49BCl2N2O3. The van der Waals surface area contributed by atoms with Crippen LogP contribution in [-0.2, 0) is 20.6 Å². The van der Waals surface area contributed by atoms with Crippen LogP contribution in [0.4, 0.5) is 0 Å². The van der Waals surface area contributed by atoms with Crippen LogP contribution in [0.5, 0.6) is 0 Å². The first-order valence-corrected chi connectivity index (χ1v) is 15.4. The molecule has 0 radical (unpaired) electrons. The van der Waals surface area contributed by atoms with E-state index in [-0.39, 0.29) is 23.7 Å². The SMILES string of the molecule is CC(C)(C)C(C)(CCCCB1OC(C)(C)C(C)(C)O1)C1CC2CCC(C1)N2Cc1ccc(Cl)c(Cl)c1.N=C=O. The predicted molar refractivity (Wildman–Crippen MR) is 162 cm³/mol. The minimum absolute atomic E-state index is 0.0728. The Morgan fingerprint density at radius 1 is 1.00 bits per heavy atom. The Kier molecular flexibility index (Phi) is 10.5. The van der Waals surface area contributed by atoms with Gasteiger partial charge in [-0.1, -0.05) is 69.8 Å². The summed E-state index contributed by atoms with van der Waals surface area (Å²) in [6, 6.07) is 7.48. The normalized spacial score (nSPS) is 27.4. The minimum Gasteiger partial charge on any atom is -0.403 e. The van der Waals surface area contributed by atoms with Crippen molar-refractivity contribution in [2.75, 3.05) is 0 Å². The summed E-state index contributed by atoms with van der Waals surface area (Å²) in [7, 11) is -0.0728. The zero-order chi connectivity index (χ0) is 29.2. The van der Waals surface area contributed by atoms with Crippen LogP contribution >= 0.6 is 23.2 Å². The first-order valence-electron chi connectivity index (χ1n) is 14.6. The summed E-state index contributed by atoms with van der Waals surface area (Å²) in [5.74, 6) is 0.761. The molecule has 2 bridgehead atoms. The molecule has 1 aromatic carbocycles. The Bertz CT molecular complexity index is 992. The van der Waals surface area contributed by atoms with E-state index in [9.17, 15) is 0 Å². The molecule has 0 aliphatic carbocycles. The molecule has 3 fully saturated rings. The smallest absolute Gasteiger partial charge is 0.403 e. The largest absolute Gasteiger partial charge is 0.457 e. The zero-order valence-corrected chi connectivity index (χ0v) is 26.8. The summed E-state index contributed by atoms with van der Waals surface area (Å²) in [5.41, 5.74) is 1.40. The van der Waals surface area contributed by atoms with Crippen LogP contribution in [-0.4, -0.2) is 41.4 Å². The van der Waals surface area contributed by atoms with Crippen LogP contribution in [0, 0.1) is 22.2 Å². The van der Waals surface area contributed by atoms with Gasteiger partial charge in [-0.05, 0) is 101 Å². The maximum Gasteiger partial charge on any atom is 0.457 e. The first-order chi connectivity index (χ1) is 18.0. The van der Waals surface area contributed by atoms with Gasteiger partial charge in [0, 0.05) is 18.6 Å². The van der Waals surface area contributed by atoms with E-state index < -0.39 is 0 Å². The van der Waals surface area contributed by atoms with Crippen molar-refractivity contribution < 1.29 is 14.1 Å². The Labute approximate surface area is 247 Å². The van der Waals surface area contributed by atoms with E-state index in [0.717, 1.165) is 31.3 Å². The number of nitrogens with zero attached hydrogens (tertiary/aromatic N) is 1. The van der Waals surface area contributed by atoms with E-state index in [1.807, 2.05) is 6.07 Å². The monoisotopic (exact) mass is 578 g/mol. The number of fused-ring (bicyclic) bond motifs is 2. The highest BCUT2D eigenvalue weighted by molar-refractivity contribution is 6.45. The van der Waals surface area contributed by atoms with E-state index >= 15 is 0 Å². The number of halogens is 2. The summed E-state index contributed by atoms with van der Waals surface area (Å²) >= 11 is 12.5. The molecule has 3 unspecified atom stereocenters. The number of unbranched alkanes of at least 4 members (excludes halogenated alkanes) is 1. The second kappa shape index (κ2) is 12.6. The summed E-state index contributed by atoms with van der Waals surface area (Å²) in [6.45, 7) is 19.5. The van der Waals surface area contributed by atoms with Crippen LogP contribution in [0.2, 0.25) is 16.4 Å². The van der Waals surface area contributed by atoms with Gasteiger partial charge in [0.25, 0.3) is 0 Å². The van der Waals surface area contributed by atoms with Gasteiger partial charge in [0.05, 0.1) is 21.2 Å². The molecular weight excluding hydrogens is 530 g/mol. The van der Waals surface area contributed by atoms with Gasteiger partial charge < -0.3 is 9.31 Å². The van der Waals surface area contributed by atoms with Gasteiger partial charge in [-0.25, -0.2) is 10.2 Å². The van der Waals surface area contributed by atoms with Crippen molar-refractivity contribution in [3.05, 3.63) is 33.8 Å². The third-order valence-electron chi connectivity index (χ3n) is 10.5. The van der Waals surface area contributed by atoms with Crippen LogP contribution in [0.25, 0.3) is 0 Å². The number of benzene rings is 1. The molecule has 0 aromatic heterocycles. The van der Waals surface area contributed by atoms with E-state index in [1.165, 1.54) is 44.1 Å². The third kappa shape index (κ3) is 7.32. The molecule has 1 N–H and O–H groups in total. The predicted octanol–water partition coefficient (Wildman–Crippen LogP) is 8.95. The lowest BCUT2D eigenvalue weighted by molar-refractivity contribution is -0.0351. The van der Waals surface area contributed by atoms with Crippen LogP contribution in [0.1, 0.15) is 106 Å². The average Bonchev–Trinajstić information content (AvgIpc) is 3.16. The Morgan fingerprint density at radius 3 is 2.03 bits per heavy atom. The van der Waals surface area contributed by atoms with Crippen LogP contribution in [0.3, 0.4) is 0 Å². The highest BCUT2D eigenvalue weighted by Crippen LogP contribution is 2.55. The molecule has 39 heavy (non-hydrogen) atoms. The van der Waals surface area contributed by atoms with Gasteiger partial charge in [-0.2, -0.15) is 0 Å². The van der Waals surface area contributed by atoms with E-state index in [4.69, 9.17) is 42.7 Å². The lowest BCUT2D eigenvalue weighted by Gasteiger charge is -2.53. The summed E-state index contributed by atoms with van der Waals surface area (Å²) in [5, 5.41) is 6.71. The van der Waals surface area contributed by atoms with Crippen molar-refractivity contribution in [3.63, 3.8) is 0 Å². The molecule has 8 heteroatoms. The fraction of sp³-hybridized carbons (Fsp3) is 0.774. The molecule has 0 amide bonds. The fourth-order valence-electron chi connectivity index (χ4n) is 6.98. The molecule has 0 spiro atoms. The van der Waals surface area contributed by atoms with Crippen LogP contribution < -0.4 is 0 Å². The number of carbonyl (C=O) groups excluding carboxylic acids is 1. The van der Waals surface area contributed by atoms with Gasteiger partial charge >= 0.3 is 7.12 Å². The van der Waals surface area contributed by atoms with Crippen LogP contribution in [0.15, 0.2) is 18.2 Å². The van der Waals surface area contributed by atoms with Gasteiger partial charge in [-0.15, -0.1) is 0 Å². The van der Waals surface area contributed by atoms with E-state index in [0.29, 0.717) is 27.5 Å².